The van der Waals surface area contributed by atoms with Crippen molar-refractivity contribution in [3.05, 3.63) is 29.8 Å². The van der Waals surface area contributed by atoms with E-state index < -0.39 is 0 Å². The molecule has 1 N–H and O–H groups in total. The Bertz CT molecular complexity index is 583. The first-order valence-electron chi connectivity index (χ1n) is 9.63. The van der Waals surface area contributed by atoms with Gasteiger partial charge >= 0.3 is 5.97 Å². The van der Waals surface area contributed by atoms with E-state index in [2.05, 4.69) is 15.1 Å². The van der Waals surface area contributed by atoms with Gasteiger partial charge in [0, 0.05) is 51.4 Å². The lowest BCUT2D eigenvalue weighted by Gasteiger charge is -2.34. The second-order valence-corrected chi connectivity index (χ2v) is 6.60. The van der Waals surface area contributed by atoms with E-state index in [-0.39, 0.29) is 11.8 Å². The maximum atomic E-state index is 11.5. The number of carbonyl (C=O) groups is 2. The minimum Gasteiger partial charge on any atom is -0.492 e. The number of ketones is 1. The van der Waals surface area contributed by atoms with Gasteiger partial charge in [-0.15, -0.1) is 0 Å². The molecular weight excluding hydrogens is 346 g/mol. The van der Waals surface area contributed by atoms with Gasteiger partial charge in [0.1, 0.15) is 12.4 Å². The highest BCUT2D eigenvalue weighted by Gasteiger charge is 2.18. The van der Waals surface area contributed by atoms with Gasteiger partial charge in [-0.2, -0.15) is 0 Å². The van der Waals surface area contributed by atoms with Crippen LogP contribution >= 0.6 is 0 Å². The molecule has 0 spiro atoms. The summed E-state index contributed by atoms with van der Waals surface area (Å²) >= 11 is 0. The molecule has 0 saturated carbocycles. The number of hydrogen-bond acceptors (Lipinski definition) is 7. The predicted molar refractivity (Wildman–Crippen MR) is 104 cm³/mol. The van der Waals surface area contributed by atoms with E-state index in [1.165, 1.54) is 0 Å². The molecule has 0 radical (unpaired) electrons. The zero-order valence-electron chi connectivity index (χ0n) is 16.4. The fourth-order valence-corrected chi connectivity index (χ4v) is 2.95. The Hall–Kier alpha value is -1.96. The van der Waals surface area contributed by atoms with E-state index in [1.807, 2.05) is 19.1 Å². The summed E-state index contributed by atoms with van der Waals surface area (Å²) in [5.74, 6) is 0.702. The van der Waals surface area contributed by atoms with E-state index in [4.69, 9.17) is 9.47 Å². The molecule has 2 rings (SSSR count). The number of piperazine rings is 1. The Morgan fingerprint density at radius 3 is 2.33 bits per heavy atom. The van der Waals surface area contributed by atoms with Gasteiger partial charge in [0.15, 0.2) is 5.78 Å². The quantitative estimate of drug-likeness (QED) is 0.351. The minimum atomic E-state index is -0.136. The van der Waals surface area contributed by atoms with E-state index in [9.17, 15) is 9.59 Å². The van der Waals surface area contributed by atoms with Crippen LogP contribution in [0.1, 0.15) is 24.2 Å². The average molecular weight is 377 g/mol. The highest BCUT2D eigenvalue weighted by atomic mass is 16.5. The highest BCUT2D eigenvalue weighted by Crippen LogP contribution is 2.12. The molecule has 1 aliphatic heterocycles. The van der Waals surface area contributed by atoms with Crippen molar-refractivity contribution in [3.63, 3.8) is 0 Å². The molecule has 0 amide bonds. The van der Waals surface area contributed by atoms with Crippen LogP contribution in [0.2, 0.25) is 0 Å². The van der Waals surface area contributed by atoms with Crippen molar-refractivity contribution in [3.8, 4) is 5.75 Å². The Morgan fingerprint density at radius 1 is 1.04 bits per heavy atom. The molecule has 1 fully saturated rings. The summed E-state index contributed by atoms with van der Waals surface area (Å²) in [6.45, 7) is 11.2. The number of rotatable bonds is 11. The monoisotopic (exact) mass is 377 g/mol. The van der Waals surface area contributed by atoms with Crippen LogP contribution in [0.4, 0.5) is 0 Å². The molecule has 1 heterocycles. The Morgan fingerprint density at radius 2 is 1.70 bits per heavy atom. The molecule has 1 saturated heterocycles. The van der Waals surface area contributed by atoms with Crippen LogP contribution < -0.4 is 10.1 Å². The van der Waals surface area contributed by atoms with Gasteiger partial charge in [0.05, 0.1) is 13.2 Å². The standard InChI is InChI=1S/C20H31N3O4/c1-3-26-20(25)16-23-13-11-22(12-14-23)10-8-21-9-15-27-19-6-4-18(5-7-19)17(2)24/h4-7,21H,3,8-16H2,1-2H3. The molecule has 150 valence electrons. The van der Waals surface area contributed by atoms with Crippen molar-refractivity contribution in [1.82, 2.24) is 15.1 Å². The first-order chi connectivity index (χ1) is 13.1. The van der Waals surface area contributed by atoms with Crippen molar-refractivity contribution in [2.24, 2.45) is 0 Å². The Kier molecular flexibility index (Phi) is 9.24. The Labute approximate surface area is 161 Å². The molecular formula is C20H31N3O4. The van der Waals surface area contributed by atoms with Crippen LogP contribution in [-0.2, 0) is 9.53 Å². The molecule has 27 heavy (non-hydrogen) atoms. The number of Topliss-reactive ketones (excluding diaryl/α,β-unsaturated/α-hetero) is 1. The molecule has 1 aromatic rings. The van der Waals surface area contributed by atoms with Crippen molar-refractivity contribution in [1.29, 1.82) is 0 Å². The number of hydrogen-bond donors (Lipinski definition) is 1. The lowest BCUT2D eigenvalue weighted by Crippen LogP contribution is -2.49. The van der Waals surface area contributed by atoms with Crippen molar-refractivity contribution < 1.29 is 19.1 Å². The maximum Gasteiger partial charge on any atom is 0.320 e. The van der Waals surface area contributed by atoms with Crippen LogP contribution in [0, 0.1) is 0 Å². The minimum absolute atomic E-state index is 0.0601. The van der Waals surface area contributed by atoms with Crippen LogP contribution in [0.15, 0.2) is 24.3 Å². The number of carbonyl (C=O) groups excluding carboxylic acids is 2. The van der Waals surface area contributed by atoms with Gasteiger partial charge in [0.25, 0.3) is 0 Å². The lowest BCUT2D eigenvalue weighted by atomic mass is 10.1. The fraction of sp³-hybridized carbons (Fsp3) is 0.600. The second kappa shape index (κ2) is 11.7. The third-order valence-electron chi connectivity index (χ3n) is 4.54. The average Bonchev–Trinajstić information content (AvgIpc) is 2.66. The van der Waals surface area contributed by atoms with Crippen molar-refractivity contribution in [2.45, 2.75) is 13.8 Å². The highest BCUT2D eigenvalue weighted by molar-refractivity contribution is 5.94. The molecule has 0 bridgehead atoms. The second-order valence-electron chi connectivity index (χ2n) is 6.60. The van der Waals surface area contributed by atoms with Crippen LogP contribution in [0.3, 0.4) is 0 Å². The van der Waals surface area contributed by atoms with Gasteiger partial charge in [0.2, 0.25) is 0 Å². The number of nitrogens with one attached hydrogen (secondary N) is 1. The first-order valence-corrected chi connectivity index (χ1v) is 9.63. The van der Waals surface area contributed by atoms with Crippen LogP contribution in [0.5, 0.6) is 5.75 Å². The third kappa shape index (κ3) is 8.07. The maximum absolute atomic E-state index is 11.5. The molecule has 1 aromatic carbocycles. The lowest BCUT2D eigenvalue weighted by molar-refractivity contribution is -0.144. The fourth-order valence-electron chi connectivity index (χ4n) is 2.95. The number of esters is 1. The van der Waals surface area contributed by atoms with Crippen molar-refractivity contribution in [2.75, 3.05) is 65.6 Å². The number of benzene rings is 1. The molecule has 0 unspecified atom stereocenters. The molecule has 0 aliphatic carbocycles. The van der Waals surface area contributed by atoms with Crippen LogP contribution in [-0.4, -0.2) is 87.1 Å². The molecule has 7 heteroatoms. The predicted octanol–water partition coefficient (Wildman–Crippen LogP) is 1.04. The number of nitrogens with zero attached hydrogens (tertiary/aromatic N) is 2. The SMILES string of the molecule is CCOC(=O)CN1CCN(CCNCCOc2ccc(C(C)=O)cc2)CC1. The van der Waals surface area contributed by atoms with Crippen LogP contribution in [0.25, 0.3) is 0 Å². The van der Waals surface area contributed by atoms with Gasteiger partial charge in [-0.25, -0.2) is 0 Å². The molecule has 0 atom stereocenters. The van der Waals surface area contributed by atoms with E-state index >= 15 is 0 Å². The smallest absolute Gasteiger partial charge is 0.320 e. The largest absolute Gasteiger partial charge is 0.492 e. The summed E-state index contributed by atoms with van der Waals surface area (Å²) in [5, 5.41) is 3.38. The summed E-state index contributed by atoms with van der Waals surface area (Å²) in [7, 11) is 0. The van der Waals surface area contributed by atoms with Gasteiger partial charge in [-0.05, 0) is 38.1 Å². The summed E-state index contributed by atoms with van der Waals surface area (Å²) in [6, 6.07) is 7.22. The third-order valence-corrected chi connectivity index (χ3v) is 4.54. The summed E-state index contributed by atoms with van der Waals surface area (Å²) in [6.07, 6.45) is 0. The summed E-state index contributed by atoms with van der Waals surface area (Å²) < 4.78 is 10.7. The first kappa shape index (κ1) is 21.3. The molecule has 0 aromatic heterocycles. The Balaban J connectivity index is 1.50. The van der Waals surface area contributed by atoms with E-state index in [0.29, 0.717) is 25.3 Å². The summed E-state index contributed by atoms with van der Waals surface area (Å²) in [4.78, 5) is 27.3. The topological polar surface area (TPSA) is 71.1 Å². The van der Waals surface area contributed by atoms with Gasteiger partial charge in [-0.3, -0.25) is 19.4 Å². The van der Waals surface area contributed by atoms with Gasteiger partial charge in [-0.1, -0.05) is 0 Å². The van der Waals surface area contributed by atoms with Gasteiger partial charge < -0.3 is 14.8 Å². The molecule has 7 nitrogen and oxygen atoms in total. The zero-order chi connectivity index (χ0) is 19.5. The summed E-state index contributed by atoms with van der Waals surface area (Å²) in [5.41, 5.74) is 0.697. The van der Waals surface area contributed by atoms with E-state index in [1.54, 1.807) is 19.1 Å². The van der Waals surface area contributed by atoms with Crippen molar-refractivity contribution >= 4 is 11.8 Å². The number of ether oxygens (including phenoxy) is 2. The zero-order valence-corrected chi connectivity index (χ0v) is 16.4. The normalized spacial score (nSPS) is 15.5. The molecule has 1 aliphatic rings. The van der Waals surface area contributed by atoms with E-state index in [0.717, 1.165) is 51.6 Å².